The monoisotopic (exact) mass is 258 g/mol. The van der Waals surface area contributed by atoms with Crippen molar-refractivity contribution in [1.82, 2.24) is 10.3 Å². The number of pyridine rings is 1. The Morgan fingerprint density at radius 1 is 1.21 bits per heavy atom. The predicted molar refractivity (Wildman–Crippen MR) is 74.0 cm³/mol. The summed E-state index contributed by atoms with van der Waals surface area (Å²) in [7, 11) is 0. The lowest BCUT2D eigenvalue weighted by Gasteiger charge is -2.17. The van der Waals surface area contributed by atoms with Crippen LogP contribution in [-0.2, 0) is 6.54 Å². The molecule has 0 saturated heterocycles. The summed E-state index contributed by atoms with van der Waals surface area (Å²) in [6.07, 6.45) is 3.58. The molecule has 4 nitrogen and oxygen atoms in total. The molecule has 0 radical (unpaired) electrons. The summed E-state index contributed by atoms with van der Waals surface area (Å²) in [5, 5.41) is 22.9. The number of rotatable bonds is 4. The number of nitrogens with zero attached hydrogens (tertiary/aromatic N) is 1. The number of nitrogens with one attached hydrogen (secondary N) is 1. The molecule has 0 aliphatic rings. The van der Waals surface area contributed by atoms with Gasteiger partial charge in [-0.25, -0.2) is 0 Å². The van der Waals surface area contributed by atoms with E-state index in [-0.39, 0.29) is 17.5 Å². The molecule has 0 aliphatic heterocycles. The molecule has 2 aromatic rings. The topological polar surface area (TPSA) is 65.4 Å². The first-order chi connectivity index (χ1) is 9.09. The number of aryl methyl sites for hydroxylation is 1. The van der Waals surface area contributed by atoms with Crippen molar-refractivity contribution in [2.24, 2.45) is 0 Å². The normalized spacial score (nSPS) is 12.3. The third kappa shape index (κ3) is 3.03. The van der Waals surface area contributed by atoms with Crippen LogP contribution in [0.15, 0.2) is 36.7 Å². The minimum Gasteiger partial charge on any atom is -0.507 e. The standard InChI is InChI=1S/C15H18N2O2/c1-10-6-7-16-8-12(10)9-17-11(2)15-13(18)4-3-5-14(15)19/h3-8,11,17-19H,9H2,1-2H3. The second-order valence-electron chi connectivity index (χ2n) is 4.61. The maximum Gasteiger partial charge on any atom is 0.124 e. The molecule has 100 valence electrons. The highest BCUT2D eigenvalue weighted by molar-refractivity contribution is 5.45. The second kappa shape index (κ2) is 5.71. The van der Waals surface area contributed by atoms with Crippen LogP contribution in [0.3, 0.4) is 0 Å². The zero-order chi connectivity index (χ0) is 13.8. The Labute approximate surface area is 112 Å². The summed E-state index contributed by atoms with van der Waals surface area (Å²) in [5.74, 6) is 0.200. The van der Waals surface area contributed by atoms with E-state index in [1.54, 1.807) is 24.4 Å². The minimum atomic E-state index is -0.152. The van der Waals surface area contributed by atoms with Gasteiger partial charge in [-0.05, 0) is 43.2 Å². The van der Waals surface area contributed by atoms with Crippen molar-refractivity contribution in [2.45, 2.75) is 26.4 Å². The van der Waals surface area contributed by atoms with E-state index in [4.69, 9.17) is 0 Å². The molecule has 1 aromatic heterocycles. The van der Waals surface area contributed by atoms with Crippen LogP contribution in [0.2, 0.25) is 0 Å². The Morgan fingerprint density at radius 3 is 2.53 bits per heavy atom. The van der Waals surface area contributed by atoms with E-state index in [1.165, 1.54) is 0 Å². The van der Waals surface area contributed by atoms with E-state index in [1.807, 2.05) is 26.1 Å². The molecule has 1 atom stereocenters. The van der Waals surface area contributed by atoms with Crippen molar-refractivity contribution < 1.29 is 10.2 Å². The molecule has 0 aliphatic carbocycles. The number of phenols is 2. The molecule has 1 unspecified atom stereocenters. The summed E-state index contributed by atoms with van der Waals surface area (Å²) >= 11 is 0. The third-order valence-corrected chi connectivity index (χ3v) is 3.24. The van der Waals surface area contributed by atoms with Crippen molar-refractivity contribution in [3.05, 3.63) is 53.3 Å². The summed E-state index contributed by atoms with van der Waals surface area (Å²) in [4.78, 5) is 4.09. The van der Waals surface area contributed by atoms with Crippen LogP contribution >= 0.6 is 0 Å². The number of aromatic nitrogens is 1. The molecule has 1 heterocycles. The smallest absolute Gasteiger partial charge is 0.124 e. The number of hydrogen-bond acceptors (Lipinski definition) is 4. The van der Waals surface area contributed by atoms with Crippen LogP contribution in [0.1, 0.15) is 29.7 Å². The summed E-state index contributed by atoms with van der Waals surface area (Å²) in [6, 6.07) is 6.57. The predicted octanol–water partition coefficient (Wildman–Crippen LogP) is 2.65. The van der Waals surface area contributed by atoms with Gasteiger partial charge in [-0.3, -0.25) is 4.98 Å². The molecule has 0 saturated carbocycles. The highest BCUT2D eigenvalue weighted by atomic mass is 16.3. The van der Waals surface area contributed by atoms with Gasteiger partial charge in [-0.2, -0.15) is 0 Å². The van der Waals surface area contributed by atoms with Gasteiger partial charge in [0.1, 0.15) is 11.5 Å². The Kier molecular flexibility index (Phi) is 4.02. The molecule has 0 spiro atoms. The molecule has 3 N–H and O–H groups in total. The van der Waals surface area contributed by atoms with Crippen LogP contribution < -0.4 is 5.32 Å². The van der Waals surface area contributed by atoms with Crippen LogP contribution in [0.4, 0.5) is 0 Å². The molecule has 0 amide bonds. The van der Waals surface area contributed by atoms with E-state index < -0.39 is 0 Å². The van der Waals surface area contributed by atoms with Gasteiger partial charge in [0.2, 0.25) is 0 Å². The van der Waals surface area contributed by atoms with Gasteiger partial charge in [-0.1, -0.05) is 6.07 Å². The Morgan fingerprint density at radius 2 is 1.89 bits per heavy atom. The molecule has 1 aromatic carbocycles. The minimum absolute atomic E-state index is 0.0999. The number of phenolic OH excluding ortho intramolecular Hbond substituents is 2. The number of hydrogen-bond donors (Lipinski definition) is 3. The van der Waals surface area contributed by atoms with Crippen LogP contribution in [0.5, 0.6) is 11.5 Å². The van der Waals surface area contributed by atoms with Crippen LogP contribution in [0.25, 0.3) is 0 Å². The Bertz CT molecular complexity index is 550. The van der Waals surface area contributed by atoms with Crippen molar-refractivity contribution >= 4 is 0 Å². The largest absolute Gasteiger partial charge is 0.507 e. The fourth-order valence-electron chi connectivity index (χ4n) is 2.03. The van der Waals surface area contributed by atoms with Crippen molar-refractivity contribution in [2.75, 3.05) is 0 Å². The summed E-state index contributed by atoms with van der Waals surface area (Å²) < 4.78 is 0. The first-order valence-corrected chi connectivity index (χ1v) is 6.23. The average molecular weight is 258 g/mol. The van der Waals surface area contributed by atoms with Crippen molar-refractivity contribution in [3.63, 3.8) is 0 Å². The maximum atomic E-state index is 9.80. The highest BCUT2D eigenvalue weighted by Gasteiger charge is 2.14. The van der Waals surface area contributed by atoms with Gasteiger partial charge >= 0.3 is 0 Å². The zero-order valence-corrected chi connectivity index (χ0v) is 11.1. The molecule has 19 heavy (non-hydrogen) atoms. The zero-order valence-electron chi connectivity index (χ0n) is 11.1. The molecule has 4 heteroatoms. The quantitative estimate of drug-likeness (QED) is 0.788. The van der Waals surface area contributed by atoms with Crippen molar-refractivity contribution in [1.29, 1.82) is 0 Å². The van der Waals surface area contributed by atoms with Gasteiger partial charge in [0.15, 0.2) is 0 Å². The van der Waals surface area contributed by atoms with Gasteiger partial charge in [0.25, 0.3) is 0 Å². The van der Waals surface area contributed by atoms with E-state index in [0.717, 1.165) is 11.1 Å². The summed E-state index contributed by atoms with van der Waals surface area (Å²) in [5.41, 5.74) is 2.78. The second-order valence-corrected chi connectivity index (χ2v) is 4.61. The fraction of sp³-hybridized carbons (Fsp3) is 0.267. The molecule has 2 rings (SSSR count). The molecular weight excluding hydrogens is 240 g/mol. The Hall–Kier alpha value is -2.07. The van der Waals surface area contributed by atoms with E-state index >= 15 is 0 Å². The SMILES string of the molecule is Cc1ccncc1CNC(C)c1c(O)cccc1O. The third-order valence-electron chi connectivity index (χ3n) is 3.24. The molecule has 0 fully saturated rings. The lowest BCUT2D eigenvalue weighted by atomic mass is 10.1. The lowest BCUT2D eigenvalue weighted by molar-refractivity contribution is 0.418. The van der Waals surface area contributed by atoms with Crippen LogP contribution in [0, 0.1) is 6.92 Å². The molecular formula is C15H18N2O2. The van der Waals surface area contributed by atoms with Gasteiger partial charge in [0, 0.05) is 25.0 Å². The first-order valence-electron chi connectivity index (χ1n) is 6.23. The van der Waals surface area contributed by atoms with Gasteiger partial charge < -0.3 is 15.5 Å². The summed E-state index contributed by atoms with van der Waals surface area (Å²) in [6.45, 7) is 4.57. The van der Waals surface area contributed by atoms with Gasteiger partial charge in [0.05, 0.1) is 5.56 Å². The van der Waals surface area contributed by atoms with Gasteiger partial charge in [-0.15, -0.1) is 0 Å². The molecule has 0 bridgehead atoms. The maximum absolute atomic E-state index is 9.80. The fourth-order valence-corrected chi connectivity index (χ4v) is 2.03. The van der Waals surface area contributed by atoms with Crippen LogP contribution in [-0.4, -0.2) is 15.2 Å². The number of aromatic hydroxyl groups is 2. The average Bonchev–Trinajstić information content (AvgIpc) is 2.37. The Balaban J connectivity index is 2.10. The highest BCUT2D eigenvalue weighted by Crippen LogP contribution is 2.32. The van der Waals surface area contributed by atoms with E-state index in [2.05, 4.69) is 10.3 Å². The number of benzene rings is 1. The lowest BCUT2D eigenvalue weighted by Crippen LogP contribution is -2.19. The first kappa shape index (κ1) is 13.4. The van der Waals surface area contributed by atoms with E-state index in [0.29, 0.717) is 12.1 Å². The van der Waals surface area contributed by atoms with E-state index in [9.17, 15) is 10.2 Å². The van der Waals surface area contributed by atoms with Crippen molar-refractivity contribution in [3.8, 4) is 11.5 Å².